The molecule has 1 spiro atoms. The van der Waals surface area contributed by atoms with Crippen molar-refractivity contribution in [3.63, 3.8) is 0 Å². The van der Waals surface area contributed by atoms with E-state index < -0.39 is 5.54 Å². The Morgan fingerprint density at radius 2 is 1.62 bits per heavy atom. The monoisotopic (exact) mass is 438 g/mol. The number of nitrogens with one attached hydrogen (secondary N) is 1. The highest BCUT2D eigenvalue weighted by Crippen LogP contribution is 2.34. The summed E-state index contributed by atoms with van der Waals surface area (Å²) in [4.78, 5) is 56.8. The third-order valence-electron chi connectivity index (χ3n) is 7.65. The Balaban J connectivity index is 1.24. The molecule has 1 saturated carbocycles. The van der Waals surface area contributed by atoms with Crippen LogP contribution in [0.3, 0.4) is 0 Å². The molecule has 5 amide bonds. The number of carbonyl (C=O) groups excluding carboxylic acids is 4. The molecule has 0 aromatic heterocycles. The maximum Gasteiger partial charge on any atom is 0.325 e. The molecule has 0 radical (unpaired) electrons. The maximum atomic E-state index is 13.5. The van der Waals surface area contributed by atoms with Gasteiger partial charge < -0.3 is 15.1 Å². The topological polar surface area (TPSA) is 90.0 Å². The van der Waals surface area contributed by atoms with Gasteiger partial charge in [-0.1, -0.05) is 24.6 Å². The predicted octanol–water partition coefficient (Wildman–Crippen LogP) is 2.00. The number of nitrogens with zero attached hydrogens (tertiary/aromatic N) is 3. The summed E-state index contributed by atoms with van der Waals surface area (Å²) in [6.07, 6.45) is 5.34. The Kier molecular flexibility index (Phi) is 5.39. The van der Waals surface area contributed by atoms with E-state index in [0.717, 1.165) is 32.1 Å². The van der Waals surface area contributed by atoms with Crippen LogP contribution in [0.2, 0.25) is 0 Å². The smallest absolute Gasteiger partial charge is 0.325 e. The lowest BCUT2D eigenvalue weighted by molar-refractivity contribution is -0.143. The number of benzene rings is 1. The first kappa shape index (κ1) is 21.0. The number of carbonyl (C=O) groups is 4. The molecule has 8 heteroatoms. The van der Waals surface area contributed by atoms with Gasteiger partial charge in [0, 0.05) is 37.7 Å². The van der Waals surface area contributed by atoms with Crippen LogP contribution in [-0.2, 0) is 9.59 Å². The number of rotatable bonds is 3. The van der Waals surface area contributed by atoms with Crippen molar-refractivity contribution in [3.05, 3.63) is 35.9 Å². The summed E-state index contributed by atoms with van der Waals surface area (Å²) in [5.41, 5.74) is -0.310. The van der Waals surface area contributed by atoms with E-state index in [-0.39, 0.29) is 35.7 Å². The molecule has 1 N–H and O–H groups in total. The van der Waals surface area contributed by atoms with Gasteiger partial charge in [-0.3, -0.25) is 19.3 Å². The Hall–Kier alpha value is -2.90. The van der Waals surface area contributed by atoms with Gasteiger partial charge in [0.05, 0.1) is 6.04 Å². The number of piperidine rings is 2. The Labute approximate surface area is 187 Å². The van der Waals surface area contributed by atoms with E-state index in [4.69, 9.17) is 0 Å². The lowest BCUT2D eigenvalue weighted by atomic mass is 9.83. The van der Waals surface area contributed by atoms with Crippen molar-refractivity contribution in [2.24, 2.45) is 5.92 Å². The second-order valence-electron chi connectivity index (χ2n) is 9.55. The zero-order chi connectivity index (χ0) is 22.3. The fourth-order valence-electron chi connectivity index (χ4n) is 5.45. The Bertz CT molecular complexity index is 921. The molecule has 3 heterocycles. The number of amides is 5. The third kappa shape index (κ3) is 3.55. The summed E-state index contributed by atoms with van der Waals surface area (Å²) in [6.45, 7) is 1.98. The molecular weight excluding hydrogens is 408 g/mol. The van der Waals surface area contributed by atoms with E-state index in [1.807, 2.05) is 23.1 Å². The van der Waals surface area contributed by atoms with Crippen molar-refractivity contribution in [3.8, 4) is 0 Å². The number of urea groups is 1. The summed E-state index contributed by atoms with van der Waals surface area (Å²) in [5.74, 6) is 0.0499. The Morgan fingerprint density at radius 1 is 0.906 bits per heavy atom. The van der Waals surface area contributed by atoms with Gasteiger partial charge in [-0.2, -0.15) is 0 Å². The SMILES string of the molecule is O=C(c1ccccc1)N1CCC2(CC1)NC(=O)N(C1CCCN(C(=O)C3CCC3)C1)C2=O. The van der Waals surface area contributed by atoms with Crippen LogP contribution in [0.5, 0.6) is 0 Å². The molecule has 1 aromatic carbocycles. The van der Waals surface area contributed by atoms with Crippen LogP contribution < -0.4 is 5.32 Å². The number of hydrogen-bond donors (Lipinski definition) is 1. The molecule has 5 rings (SSSR count). The van der Waals surface area contributed by atoms with Crippen molar-refractivity contribution < 1.29 is 19.2 Å². The van der Waals surface area contributed by atoms with Gasteiger partial charge in [-0.05, 0) is 50.7 Å². The molecule has 3 aliphatic heterocycles. The van der Waals surface area contributed by atoms with Crippen LogP contribution in [0.15, 0.2) is 30.3 Å². The molecule has 4 fully saturated rings. The second-order valence-corrected chi connectivity index (χ2v) is 9.55. The van der Waals surface area contributed by atoms with Crippen LogP contribution in [-0.4, -0.2) is 76.2 Å². The minimum Gasteiger partial charge on any atom is -0.340 e. The molecule has 4 aliphatic rings. The fraction of sp³-hybridized carbons (Fsp3) is 0.583. The maximum absolute atomic E-state index is 13.5. The molecule has 1 aromatic rings. The van der Waals surface area contributed by atoms with Gasteiger partial charge >= 0.3 is 6.03 Å². The van der Waals surface area contributed by atoms with Crippen molar-refractivity contribution in [2.75, 3.05) is 26.2 Å². The van der Waals surface area contributed by atoms with Crippen LogP contribution in [0.1, 0.15) is 55.3 Å². The van der Waals surface area contributed by atoms with Gasteiger partial charge in [0.25, 0.3) is 11.8 Å². The molecule has 1 atom stereocenters. The van der Waals surface area contributed by atoms with Crippen LogP contribution in [0.4, 0.5) is 4.79 Å². The minimum absolute atomic E-state index is 0.0495. The number of hydrogen-bond acceptors (Lipinski definition) is 4. The highest BCUT2D eigenvalue weighted by Gasteiger charge is 2.55. The highest BCUT2D eigenvalue weighted by atomic mass is 16.2. The molecule has 0 bridgehead atoms. The third-order valence-corrected chi connectivity index (χ3v) is 7.65. The van der Waals surface area contributed by atoms with E-state index in [0.29, 0.717) is 44.6 Å². The molecule has 3 saturated heterocycles. The van der Waals surface area contributed by atoms with E-state index in [1.54, 1.807) is 17.0 Å². The van der Waals surface area contributed by atoms with Crippen LogP contribution >= 0.6 is 0 Å². The second kappa shape index (κ2) is 8.22. The minimum atomic E-state index is -0.940. The zero-order valence-corrected chi connectivity index (χ0v) is 18.3. The summed E-state index contributed by atoms with van der Waals surface area (Å²) >= 11 is 0. The van der Waals surface area contributed by atoms with Gasteiger partial charge in [0.15, 0.2) is 0 Å². The first-order valence-electron chi connectivity index (χ1n) is 11.8. The predicted molar refractivity (Wildman–Crippen MR) is 117 cm³/mol. The van der Waals surface area contributed by atoms with Gasteiger partial charge in [-0.25, -0.2) is 4.79 Å². The number of imide groups is 1. The van der Waals surface area contributed by atoms with Gasteiger partial charge in [-0.15, -0.1) is 0 Å². The van der Waals surface area contributed by atoms with Crippen molar-refractivity contribution in [1.29, 1.82) is 0 Å². The largest absolute Gasteiger partial charge is 0.340 e. The number of likely N-dealkylation sites (tertiary alicyclic amines) is 2. The first-order chi connectivity index (χ1) is 15.5. The normalized spacial score (nSPS) is 25.6. The quantitative estimate of drug-likeness (QED) is 0.731. The molecule has 32 heavy (non-hydrogen) atoms. The molecule has 1 unspecified atom stereocenters. The molecule has 170 valence electrons. The van der Waals surface area contributed by atoms with E-state index in [9.17, 15) is 19.2 Å². The fourth-order valence-corrected chi connectivity index (χ4v) is 5.45. The molecule has 8 nitrogen and oxygen atoms in total. The standard InChI is InChI=1S/C24H30N4O4/c29-20(17-6-2-1-3-7-17)26-14-11-24(12-15-26)22(31)28(23(32)25-24)19-10-5-13-27(16-19)21(30)18-8-4-9-18/h1-3,6-7,18-19H,4-5,8-16H2,(H,25,32). The average molecular weight is 439 g/mol. The van der Waals surface area contributed by atoms with Crippen LogP contribution in [0, 0.1) is 5.92 Å². The lowest BCUT2D eigenvalue weighted by Crippen LogP contribution is -2.57. The summed E-state index contributed by atoms with van der Waals surface area (Å²) in [6, 6.07) is 8.48. The first-order valence-corrected chi connectivity index (χ1v) is 11.8. The van der Waals surface area contributed by atoms with Gasteiger partial charge in [0.2, 0.25) is 5.91 Å². The van der Waals surface area contributed by atoms with E-state index in [2.05, 4.69) is 5.32 Å². The van der Waals surface area contributed by atoms with Crippen molar-refractivity contribution in [1.82, 2.24) is 20.0 Å². The molecular formula is C24H30N4O4. The highest BCUT2D eigenvalue weighted by molar-refractivity contribution is 6.07. The zero-order valence-electron chi connectivity index (χ0n) is 18.3. The van der Waals surface area contributed by atoms with Crippen LogP contribution in [0.25, 0.3) is 0 Å². The van der Waals surface area contributed by atoms with Gasteiger partial charge in [0.1, 0.15) is 5.54 Å². The molecule has 1 aliphatic carbocycles. The van der Waals surface area contributed by atoms with E-state index in [1.165, 1.54) is 4.90 Å². The Morgan fingerprint density at radius 3 is 2.28 bits per heavy atom. The summed E-state index contributed by atoms with van der Waals surface area (Å²) < 4.78 is 0. The summed E-state index contributed by atoms with van der Waals surface area (Å²) in [7, 11) is 0. The van der Waals surface area contributed by atoms with E-state index >= 15 is 0 Å². The van der Waals surface area contributed by atoms with Crippen molar-refractivity contribution >= 4 is 23.8 Å². The summed E-state index contributed by atoms with van der Waals surface area (Å²) in [5, 5.41) is 2.95. The lowest BCUT2D eigenvalue weighted by Gasteiger charge is -2.40. The van der Waals surface area contributed by atoms with Crippen molar-refractivity contribution in [2.45, 2.75) is 56.5 Å². The average Bonchev–Trinajstić information content (AvgIpc) is 3.02.